The summed E-state index contributed by atoms with van der Waals surface area (Å²) in [6, 6.07) is 4.47. The number of nitrogens with one attached hydrogen (secondary N) is 2. The van der Waals surface area contributed by atoms with E-state index in [-0.39, 0.29) is 6.29 Å². The molecule has 0 saturated carbocycles. The summed E-state index contributed by atoms with van der Waals surface area (Å²) in [5, 5.41) is 6.40. The average molecular weight is 161 g/mol. The maximum absolute atomic E-state index is 5.72. The summed E-state index contributed by atoms with van der Waals surface area (Å²) in [7, 11) is 0. The van der Waals surface area contributed by atoms with Crippen LogP contribution in [0.4, 0.5) is 5.69 Å². The Balaban J connectivity index is 2.12. The maximum Gasteiger partial charge on any atom is 0.130 e. The molecule has 0 amide bonds. The Kier molecular flexibility index (Phi) is 1.07. The van der Waals surface area contributed by atoms with Crippen molar-refractivity contribution in [2.75, 3.05) is 5.32 Å². The predicted octanol–water partition coefficient (Wildman–Crippen LogP) is 0.348. The first-order valence-electron chi connectivity index (χ1n) is 4.23. The van der Waals surface area contributed by atoms with Crippen LogP contribution in [0.2, 0.25) is 0 Å². The lowest BCUT2D eigenvalue weighted by atomic mass is 9.87. The minimum atomic E-state index is -0.0831. The topological polar surface area (TPSA) is 50.1 Å². The quantitative estimate of drug-likeness (QED) is 0.522. The highest BCUT2D eigenvalue weighted by atomic mass is 15.2. The fraction of sp³-hybridized carbons (Fsp3) is 0.333. The van der Waals surface area contributed by atoms with Crippen molar-refractivity contribution in [2.45, 2.75) is 19.3 Å². The van der Waals surface area contributed by atoms with Gasteiger partial charge in [0.15, 0.2) is 0 Å². The number of anilines is 1. The first-order chi connectivity index (χ1) is 5.83. The highest BCUT2D eigenvalue weighted by Gasteiger charge is 2.22. The lowest BCUT2D eigenvalue weighted by Gasteiger charge is -2.31. The summed E-state index contributed by atoms with van der Waals surface area (Å²) in [5.74, 6) is 0. The number of rotatable bonds is 0. The Morgan fingerprint density at radius 2 is 2.08 bits per heavy atom. The van der Waals surface area contributed by atoms with Crippen LogP contribution in [0.25, 0.3) is 0 Å². The normalized spacial score (nSPS) is 23.9. The molecule has 2 aliphatic carbocycles. The van der Waals surface area contributed by atoms with Gasteiger partial charge in [-0.2, -0.15) is 0 Å². The molecule has 3 nitrogen and oxygen atoms in total. The zero-order valence-corrected chi connectivity index (χ0v) is 6.72. The first-order valence-corrected chi connectivity index (χ1v) is 4.23. The monoisotopic (exact) mass is 161 g/mol. The standard InChI is InChI=1S/C9H11N3/c10-9-11-4-7-3-5-1-6(2-5)8(7)12-9/h1,3,9,11-12H,2,4,10H2. The van der Waals surface area contributed by atoms with Crippen molar-refractivity contribution >= 4 is 5.69 Å². The van der Waals surface area contributed by atoms with Gasteiger partial charge in [-0.25, -0.2) is 0 Å². The van der Waals surface area contributed by atoms with Gasteiger partial charge in [0.25, 0.3) is 0 Å². The molecule has 0 aromatic heterocycles. The van der Waals surface area contributed by atoms with Gasteiger partial charge in [0.05, 0.1) is 0 Å². The summed E-state index contributed by atoms with van der Waals surface area (Å²) in [6.45, 7) is 0.893. The van der Waals surface area contributed by atoms with Gasteiger partial charge in [0, 0.05) is 12.2 Å². The van der Waals surface area contributed by atoms with E-state index in [0.717, 1.165) is 13.0 Å². The molecule has 2 bridgehead atoms. The van der Waals surface area contributed by atoms with Gasteiger partial charge < -0.3 is 5.32 Å². The maximum atomic E-state index is 5.72. The largest absolute Gasteiger partial charge is 0.357 e. The van der Waals surface area contributed by atoms with Crippen LogP contribution in [0.15, 0.2) is 12.1 Å². The van der Waals surface area contributed by atoms with Gasteiger partial charge in [-0.1, -0.05) is 12.1 Å². The van der Waals surface area contributed by atoms with Crippen LogP contribution in [0, 0.1) is 0 Å². The van der Waals surface area contributed by atoms with Crippen LogP contribution >= 0.6 is 0 Å². The Morgan fingerprint density at radius 1 is 1.33 bits per heavy atom. The highest BCUT2D eigenvalue weighted by molar-refractivity contribution is 5.66. The zero-order chi connectivity index (χ0) is 8.13. The van der Waals surface area contributed by atoms with Gasteiger partial charge in [0.1, 0.15) is 6.29 Å². The van der Waals surface area contributed by atoms with E-state index in [0.29, 0.717) is 0 Å². The number of hydrogen-bond acceptors (Lipinski definition) is 3. The molecule has 0 saturated heterocycles. The molecule has 4 N–H and O–H groups in total. The van der Waals surface area contributed by atoms with E-state index in [4.69, 9.17) is 5.73 Å². The predicted molar refractivity (Wildman–Crippen MR) is 47.7 cm³/mol. The zero-order valence-electron chi connectivity index (χ0n) is 6.72. The van der Waals surface area contributed by atoms with Gasteiger partial charge >= 0.3 is 0 Å². The van der Waals surface area contributed by atoms with Crippen molar-refractivity contribution in [1.29, 1.82) is 0 Å². The lowest BCUT2D eigenvalue weighted by molar-refractivity contribution is 0.555. The summed E-state index contributed by atoms with van der Waals surface area (Å²) >= 11 is 0. The van der Waals surface area contributed by atoms with Crippen molar-refractivity contribution < 1.29 is 0 Å². The molecular weight excluding hydrogens is 150 g/mol. The molecule has 12 heavy (non-hydrogen) atoms. The van der Waals surface area contributed by atoms with Crippen LogP contribution in [0.1, 0.15) is 16.7 Å². The van der Waals surface area contributed by atoms with E-state index in [1.54, 1.807) is 0 Å². The molecule has 1 heterocycles. The molecule has 0 fully saturated rings. The average Bonchev–Trinajstić information content (AvgIpc) is 2.01. The van der Waals surface area contributed by atoms with Crippen molar-refractivity contribution in [3.05, 3.63) is 28.8 Å². The van der Waals surface area contributed by atoms with Gasteiger partial charge in [-0.3, -0.25) is 11.1 Å². The van der Waals surface area contributed by atoms with Crippen LogP contribution < -0.4 is 16.4 Å². The first kappa shape index (κ1) is 6.46. The second-order valence-corrected chi connectivity index (χ2v) is 3.47. The summed E-state index contributed by atoms with van der Waals surface area (Å²) in [4.78, 5) is 0. The third-order valence-corrected chi connectivity index (χ3v) is 2.57. The second-order valence-electron chi connectivity index (χ2n) is 3.47. The molecule has 1 aliphatic heterocycles. The lowest BCUT2D eigenvalue weighted by Crippen LogP contribution is -2.47. The summed E-state index contributed by atoms with van der Waals surface area (Å²) in [5.41, 5.74) is 11.2. The molecule has 1 aromatic rings. The summed E-state index contributed by atoms with van der Waals surface area (Å²) in [6.07, 6.45) is 1.04. The molecule has 3 aliphatic rings. The molecule has 1 aromatic carbocycles. The minimum absolute atomic E-state index is 0.0831. The van der Waals surface area contributed by atoms with Crippen molar-refractivity contribution in [1.82, 2.24) is 5.32 Å². The van der Waals surface area contributed by atoms with E-state index >= 15 is 0 Å². The van der Waals surface area contributed by atoms with Crippen LogP contribution in [-0.2, 0) is 13.0 Å². The fourth-order valence-electron chi connectivity index (χ4n) is 1.92. The molecular formula is C9H11N3. The molecule has 1 atom stereocenters. The van der Waals surface area contributed by atoms with E-state index in [1.807, 2.05) is 0 Å². The second kappa shape index (κ2) is 2.00. The molecule has 0 spiro atoms. The molecule has 62 valence electrons. The Bertz CT molecular complexity index is 346. The van der Waals surface area contributed by atoms with Crippen LogP contribution in [-0.4, -0.2) is 6.29 Å². The fourth-order valence-corrected chi connectivity index (χ4v) is 1.92. The van der Waals surface area contributed by atoms with Gasteiger partial charge in [0.2, 0.25) is 0 Å². The van der Waals surface area contributed by atoms with Crippen LogP contribution in [0.5, 0.6) is 0 Å². The summed E-state index contributed by atoms with van der Waals surface area (Å²) < 4.78 is 0. The number of nitrogens with two attached hydrogens (primary N) is 1. The molecule has 3 heteroatoms. The van der Waals surface area contributed by atoms with Crippen LogP contribution in [0.3, 0.4) is 0 Å². The van der Waals surface area contributed by atoms with Crippen molar-refractivity contribution in [3.8, 4) is 0 Å². The number of hydrogen-bond donors (Lipinski definition) is 3. The SMILES string of the molecule is NC1NCc2cc3cc(c2N1)C3. The van der Waals surface area contributed by atoms with Crippen molar-refractivity contribution in [2.24, 2.45) is 5.73 Å². The smallest absolute Gasteiger partial charge is 0.130 e. The Hall–Kier alpha value is -1.06. The highest BCUT2D eigenvalue weighted by Crippen LogP contribution is 2.34. The third-order valence-electron chi connectivity index (χ3n) is 2.57. The van der Waals surface area contributed by atoms with E-state index in [1.165, 1.54) is 22.4 Å². The minimum Gasteiger partial charge on any atom is -0.357 e. The van der Waals surface area contributed by atoms with Crippen molar-refractivity contribution in [3.63, 3.8) is 0 Å². The van der Waals surface area contributed by atoms with Gasteiger partial charge in [-0.05, 0) is 23.1 Å². The molecule has 4 rings (SSSR count). The Labute approximate surface area is 71.0 Å². The van der Waals surface area contributed by atoms with Gasteiger partial charge in [-0.15, -0.1) is 0 Å². The Morgan fingerprint density at radius 3 is 2.92 bits per heavy atom. The molecule has 1 unspecified atom stereocenters. The van der Waals surface area contributed by atoms with E-state index in [2.05, 4.69) is 22.8 Å². The van der Waals surface area contributed by atoms with E-state index in [9.17, 15) is 0 Å². The van der Waals surface area contributed by atoms with E-state index < -0.39 is 0 Å². The molecule has 0 radical (unpaired) electrons. The number of benzene rings is 1. The third kappa shape index (κ3) is 0.722.